The molecule has 34 heavy (non-hydrogen) atoms. The molecule has 0 atom stereocenters. The number of benzene rings is 1. The molecule has 0 bridgehead atoms. The molecule has 2 aliphatic rings. The Bertz CT molecular complexity index is 1090. The predicted octanol–water partition coefficient (Wildman–Crippen LogP) is 3.05. The highest BCUT2D eigenvalue weighted by Gasteiger charge is 2.20. The predicted molar refractivity (Wildman–Crippen MR) is 140 cm³/mol. The van der Waals surface area contributed by atoms with Crippen molar-refractivity contribution >= 4 is 40.0 Å². The lowest BCUT2D eigenvalue weighted by atomic mass is 10.2. The fourth-order valence-electron chi connectivity index (χ4n) is 4.68. The maximum absolute atomic E-state index is 6.10. The number of pyridine rings is 1. The standard InChI is InChI=1S/C25H33ClN8/c1-31-11-15-34(16-12-31)25-29-9-6-24(30-25)33-17-13-32(14-18-33)10-2-7-27-22-5-8-28-23-19-20(26)3-4-21(22)23/h3-6,8-9,19H,2,7,10-18H2,1H3,(H,27,28). The first-order valence-electron chi connectivity index (χ1n) is 12.2. The normalized spacial score (nSPS) is 17.9. The molecule has 180 valence electrons. The van der Waals surface area contributed by atoms with Gasteiger partial charge in [0, 0.05) is 87.4 Å². The number of aromatic nitrogens is 3. The van der Waals surface area contributed by atoms with Crippen LogP contribution in [0.1, 0.15) is 6.42 Å². The van der Waals surface area contributed by atoms with Crippen molar-refractivity contribution in [1.29, 1.82) is 0 Å². The Balaban J connectivity index is 1.08. The molecule has 0 spiro atoms. The number of halogens is 1. The fraction of sp³-hybridized carbons (Fsp3) is 0.480. The number of nitrogens with one attached hydrogen (secondary N) is 1. The smallest absolute Gasteiger partial charge is 0.227 e. The minimum Gasteiger partial charge on any atom is -0.384 e. The third-order valence-corrected chi connectivity index (χ3v) is 7.02. The molecule has 0 unspecified atom stereocenters. The largest absolute Gasteiger partial charge is 0.384 e. The Hall–Kier alpha value is -2.68. The molecular weight excluding hydrogens is 448 g/mol. The number of hydrogen-bond donors (Lipinski definition) is 1. The third kappa shape index (κ3) is 5.51. The third-order valence-electron chi connectivity index (χ3n) is 6.78. The Kier molecular flexibility index (Phi) is 7.27. The van der Waals surface area contributed by atoms with Gasteiger partial charge in [-0.15, -0.1) is 0 Å². The molecule has 0 aliphatic carbocycles. The zero-order valence-electron chi connectivity index (χ0n) is 19.8. The van der Waals surface area contributed by atoms with Gasteiger partial charge in [-0.05, 0) is 50.3 Å². The lowest BCUT2D eigenvalue weighted by molar-refractivity contribution is 0.256. The van der Waals surface area contributed by atoms with Crippen molar-refractivity contribution in [2.75, 3.05) is 87.6 Å². The molecular formula is C25H33ClN8. The molecule has 3 aromatic rings. The fourth-order valence-corrected chi connectivity index (χ4v) is 4.84. The number of rotatable bonds is 7. The van der Waals surface area contributed by atoms with Crippen LogP contribution in [0.4, 0.5) is 17.5 Å². The van der Waals surface area contributed by atoms with Gasteiger partial charge in [-0.1, -0.05) is 11.6 Å². The van der Waals surface area contributed by atoms with Gasteiger partial charge in [-0.3, -0.25) is 9.88 Å². The molecule has 2 fully saturated rings. The molecule has 2 aromatic heterocycles. The number of fused-ring (bicyclic) bond motifs is 1. The van der Waals surface area contributed by atoms with E-state index in [0.29, 0.717) is 5.02 Å². The zero-order valence-corrected chi connectivity index (χ0v) is 20.6. The van der Waals surface area contributed by atoms with E-state index in [1.807, 2.05) is 42.7 Å². The summed E-state index contributed by atoms with van der Waals surface area (Å²) in [6.45, 7) is 10.3. The Morgan fingerprint density at radius 2 is 1.65 bits per heavy atom. The summed E-state index contributed by atoms with van der Waals surface area (Å²) in [4.78, 5) is 23.4. The van der Waals surface area contributed by atoms with Gasteiger partial charge in [0.15, 0.2) is 0 Å². The van der Waals surface area contributed by atoms with Gasteiger partial charge in [0.2, 0.25) is 5.95 Å². The van der Waals surface area contributed by atoms with E-state index in [1.54, 1.807) is 0 Å². The summed E-state index contributed by atoms with van der Waals surface area (Å²) in [5.74, 6) is 1.92. The monoisotopic (exact) mass is 480 g/mol. The molecule has 1 N–H and O–H groups in total. The van der Waals surface area contributed by atoms with Crippen LogP contribution in [0.3, 0.4) is 0 Å². The summed E-state index contributed by atoms with van der Waals surface area (Å²) in [5.41, 5.74) is 2.04. The van der Waals surface area contributed by atoms with E-state index in [0.717, 1.165) is 100 Å². The van der Waals surface area contributed by atoms with Crippen LogP contribution < -0.4 is 15.1 Å². The summed E-state index contributed by atoms with van der Waals surface area (Å²) in [5, 5.41) is 5.41. The maximum Gasteiger partial charge on any atom is 0.227 e. The van der Waals surface area contributed by atoms with Crippen molar-refractivity contribution in [1.82, 2.24) is 24.8 Å². The molecule has 0 radical (unpaired) electrons. The van der Waals surface area contributed by atoms with Gasteiger partial charge in [0.1, 0.15) is 5.82 Å². The first-order chi connectivity index (χ1) is 16.7. The maximum atomic E-state index is 6.10. The quantitative estimate of drug-likeness (QED) is 0.518. The molecule has 1 aromatic carbocycles. The van der Waals surface area contributed by atoms with Crippen molar-refractivity contribution in [3.05, 3.63) is 47.7 Å². The van der Waals surface area contributed by atoms with Crippen molar-refractivity contribution in [3.63, 3.8) is 0 Å². The second-order valence-electron chi connectivity index (χ2n) is 9.13. The van der Waals surface area contributed by atoms with Gasteiger partial charge in [-0.25, -0.2) is 4.98 Å². The Labute approximate surface area is 206 Å². The highest BCUT2D eigenvalue weighted by atomic mass is 35.5. The van der Waals surface area contributed by atoms with E-state index in [9.17, 15) is 0 Å². The van der Waals surface area contributed by atoms with E-state index in [4.69, 9.17) is 16.6 Å². The molecule has 4 heterocycles. The number of hydrogen-bond acceptors (Lipinski definition) is 8. The van der Waals surface area contributed by atoms with Crippen LogP contribution in [0.2, 0.25) is 5.02 Å². The molecule has 0 amide bonds. The summed E-state index contributed by atoms with van der Waals surface area (Å²) in [6.07, 6.45) is 4.84. The highest BCUT2D eigenvalue weighted by Crippen LogP contribution is 2.24. The van der Waals surface area contributed by atoms with Gasteiger partial charge in [-0.2, -0.15) is 4.98 Å². The first kappa shape index (κ1) is 23.1. The minimum absolute atomic E-state index is 0.716. The second-order valence-corrected chi connectivity index (χ2v) is 9.57. The Morgan fingerprint density at radius 1 is 0.882 bits per heavy atom. The average Bonchev–Trinajstić information content (AvgIpc) is 2.87. The molecule has 9 heteroatoms. The van der Waals surface area contributed by atoms with Gasteiger partial charge in [0.05, 0.1) is 5.52 Å². The Morgan fingerprint density at radius 3 is 2.47 bits per heavy atom. The first-order valence-corrected chi connectivity index (χ1v) is 12.6. The summed E-state index contributed by atoms with van der Waals surface area (Å²) in [7, 11) is 2.17. The molecule has 8 nitrogen and oxygen atoms in total. The van der Waals surface area contributed by atoms with Crippen LogP contribution in [0, 0.1) is 0 Å². The van der Waals surface area contributed by atoms with Crippen LogP contribution in [-0.2, 0) is 0 Å². The van der Waals surface area contributed by atoms with Crippen LogP contribution in [0.5, 0.6) is 0 Å². The topological polar surface area (TPSA) is 63.7 Å². The number of anilines is 3. The van der Waals surface area contributed by atoms with Gasteiger partial charge < -0.3 is 20.0 Å². The lowest BCUT2D eigenvalue weighted by Crippen LogP contribution is -2.47. The van der Waals surface area contributed by atoms with E-state index in [-0.39, 0.29) is 0 Å². The number of nitrogens with zero attached hydrogens (tertiary/aromatic N) is 7. The van der Waals surface area contributed by atoms with Crippen molar-refractivity contribution in [3.8, 4) is 0 Å². The van der Waals surface area contributed by atoms with Crippen LogP contribution in [0.15, 0.2) is 42.7 Å². The number of likely N-dealkylation sites (N-methyl/N-ethyl adjacent to an activating group) is 1. The molecule has 5 rings (SSSR count). The van der Waals surface area contributed by atoms with Crippen molar-refractivity contribution in [2.24, 2.45) is 0 Å². The van der Waals surface area contributed by atoms with Crippen molar-refractivity contribution in [2.45, 2.75) is 6.42 Å². The van der Waals surface area contributed by atoms with Crippen LogP contribution in [-0.4, -0.2) is 97.2 Å². The van der Waals surface area contributed by atoms with Crippen LogP contribution in [0.25, 0.3) is 10.9 Å². The minimum atomic E-state index is 0.716. The van der Waals surface area contributed by atoms with Crippen LogP contribution >= 0.6 is 11.6 Å². The highest BCUT2D eigenvalue weighted by molar-refractivity contribution is 6.31. The SMILES string of the molecule is CN1CCN(c2nccc(N3CCN(CCCNc4ccnc5cc(Cl)ccc45)CC3)n2)CC1. The molecule has 2 saturated heterocycles. The second kappa shape index (κ2) is 10.7. The van der Waals surface area contributed by atoms with E-state index in [1.165, 1.54) is 0 Å². The summed E-state index contributed by atoms with van der Waals surface area (Å²) >= 11 is 6.10. The van der Waals surface area contributed by atoms with Gasteiger partial charge >= 0.3 is 0 Å². The van der Waals surface area contributed by atoms with Crippen molar-refractivity contribution < 1.29 is 0 Å². The average molecular weight is 481 g/mol. The van der Waals surface area contributed by atoms with E-state index in [2.05, 4.69) is 41.9 Å². The van der Waals surface area contributed by atoms with E-state index < -0.39 is 0 Å². The number of piperazine rings is 2. The zero-order chi connectivity index (χ0) is 23.3. The lowest BCUT2D eigenvalue weighted by Gasteiger charge is -2.36. The summed E-state index contributed by atoms with van der Waals surface area (Å²) < 4.78 is 0. The van der Waals surface area contributed by atoms with Gasteiger partial charge in [0.25, 0.3) is 0 Å². The van der Waals surface area contributed by atoms with E-state index >= 15 is 0 Å². The molecule has 0 saturated carbocycles. The molecule has 2 aliphatic heterocycles. The summed E-state index contributed by atoms with van der Waals surface area (Å²) in [6, 6.07) is 9.95.